The van der Waals surface area contributed by atoms with Gasteiger partial charge in [0.1, 0.15) is 6.54 Å². The van der Waals surface area contributed by atoms with Crippen LogP contribution in [0.5, 0.6) is 0 Å². The fraction of sp³-hybridized carbons (Fsp3) is 0.520. The summed E-state index contributed by atoms with van der Waals surface area (Å²) in [6.07, 6.45) is 1.12. The summed E-state index contributed by atoms with van der Waals surface area (Å²) in [6, 6.07) is 6.95. The summed E-state index contributed by atoms with van der Waals surface area (Å²) in [5.74, 6) is -0.767. The average Bonchev–Trinajstić information content (AvgIpc) is 3.14. The maximum Gasteiger partial charge on any atom is 0.322 e. The van der Waals surface area contributed by atoms with Crippen LogP contribution >= 0.6 is 0 Å². The number of esters is 1. The second-order valence-corrected chi connectivity index (χ2v) is 8.97. The number of carbonyl (C=O) groups excluding carboxylic acids is 4. The minimum Gasteiger partial charge on any atom is -0.466 e. The number of aryl methyl sites for hydroxylation is 1. The number of hydrogen-bond donors (Lipinski definition) is 1. The standard InChI is InChI=1S/C25H32N4O5/c1-4-29-19-14-28(15-20(30)27-11-9-17(10-12-27)24(32)34-5-2)23(31)21(19)22(26-25(29)33)18-8-6-7-16(3)13-18/h6-8,13,17,22H,4-5,9-12,14-15H2,1-3H3,(H,26,33)/t22-/m0/s1. The van der Waals surface area contributed by atoms with Gasteiger partial charge in [0.2, 0.25) is 5.91 Å². The second-order valence-electron chi connectivity index (χ2n) is 8.97. The highest BCUT2D eigenvalue weighted by atomic mass is 16.5. The van der Waals surface area contributed by atoms with Gasteiger partial charge in [0.05, 0.1) is 36.4 Å². The molecule has 3 aliphatic rings. The highest BCUT2D eigenvalue weighted by Crippen LogP contribution is 2.36. The molecule has 0 aliphatic carbocycles. The number of carbonyl (C=O) groups is 4. The van der Waals surface area contributed by atoms with Crippen LogP contribution in [-0.4, -0.2) is 77.8 Å². The van der Waals surface area contributed by atoms with Crippen molar-refractivity contribution in [3.63, 3.8) is 0 Å². The van der Waals surface area contributed by atoms with Crippen molar-refractivity contribution in [3.05, 3.63) is 46.7 Å². The third kappa shape index (κ3) is 4.51. The fourth-order valence-electron chi connectivity index (χ4n) is 5.00. The predicted molar refractivity (Wildman–Crippen MR) is 124 cm³/mol. The lowest BCUT2D eigenvalue weighted by molar-refractivity contribution is -0.151. The minimum atomic E-state index is -0.543. The maximum atomic E-state index is 13.5. The van der Waals surface area contributed by atoms with Crippen molar-refractivity contribution in [2.45, 2.75) is 39.7 Å². The molecule has 1 N–H and O–H groups in total. The maximum absolute atomic E-state index is 13.5. The van der Waals surface area contributed by atoms with Crippen molar-refractivity contribution in [1.82, 2.24) is 20.0 Å². The minimum absolute atomic E-state index is 0.0534. The zero-order chi connectivity index (χ0) is 24.4. The summed E-state index contributed by atoms with van der Waals surface area (Å²) < 4.78 is 5.10. The summed E-state index contributed by atoms with van der Waals surface area (Å²) >= 11 is 0. The first-order chi connectivity index (χ1) is 16.3. The normalized spacial score (nSPS) is 21.0. The number of likely N-dealkylation sites (N-methyl/N-ethyl adjacent to an activating group) is 1. The number of urea groups is 1. The van der Waals surface area contributed by atoms with Crippen molar-refractivity contribution in [2.75, 3.05) is 39.3 Å². The first-order valence-corrected chi connectivity index (χ1v) is 11.9. The van der Waals surface area contributed by atoms with E-state index in [1.54, 1.807) is 16.7 Å². The van der Waals surface area contributed by atoms with E-state index in [0.717, 1.165) is 11.1 Å². The van der Waals surface area contributed by atoms with Gasteiger partial charge in [-0.15, -0.1) is 0 Å². The number of amides is 4. The molecule has 1 fully saturated rings. The molecular weight excluding hydrogens is 436 g/mol. The van der Waals surface area contributed by atoms with Gasteiger partial charge in [-0.2, -0.15) is 0 Å². The van der Waals surface area contributed by atoms with Crippen LogP contribution in [-0.2, 0) is 19.1 Å². The van der Waals surface area contributed by atoms with E-state index in [1.807, 2.05) is 38.1 Å². The van der Waals surface area contributed by atoms with E-state index < -0.39 is 6.04 Å². The van der Waals surface area contributed by atoms with E-state index in [-0.39, 0.29) is 42.8 Å². The van der Waals surface area contributed by atoms with E-state index >= 15 is 0 Å². The Kier molecular flexibility index (Phi) is 6.90. The second kappa shape index (κ2) is 9.87. The topological polar surface area (TPSA) is 99.3 Å². The van der Waals surface area contributed by atoms with Crippen LogP contribution in [0.4, 0.5) is 4.79 Å². The van der Waals surface area contributed by atoms with Crippen LogP contribution in [0, 0.1) is 12.8 Å². The molecule has 34 heavy (non-hydrogen) atoms. The molecular formula is C25H32N4O5. The zero-order valence-corrected chi connectivity index (χ0v) is 20.0. The van der Waals surface area contributed by atoms with Gasteiger partial charge in [-0.3, -0.25) is 19.3 Å². The molecule has 4 rings (SSSR count). The third-order valence-corrected chi connectivity index (χ3v) is 6.78. The SMILES string of the molecule is CCOC(=O)C1CCN(C(=O)CN2CC3=C(C2=O)[C@H](c2cccc(C)c2)NC(=O)N3CC)CC1. The average molecular weight is 469 g/mol. The van der Waals surface area contributed by atoms with Crippen molar-refractivity contribution in [2.24, 2.45) is 5.92 Å². The molecule has 0 unspecified atom stereocenters. The number of nitrogens with zero attached hydrogens (tertiary/aromatic N) is 3. The molecule has 1 aromatic carbocycles. The zero-order valence-electron chi connectivity index (χ0n) is 20.0. The number of nitrogens with one attached hydrogen (secondary N) is 1. The van der Waals surface area contributed by atoms with Crippen molar-refractivity contribution in [1.29, 1.82) is 0 Å². The van der Waals surface area contributed by atoms with E-state index in [4.69, 9.17) is 4.74 Å². The molecule has 0 radical (unpaired) electrons. The first kappa shape index (κ1) is 23.8. The molecule has 182 valence electrons. The van der Waals surface area contributed by atoms with Crippen LogP contribution < -0.4 is 5.32 Å². The lowest BCUT2D eigenvalue weighted by atomic mass is 9.94. The van der Waals surface area contributed by atoms with Crippen LogP contribution in [0.15, 0.2) is 35.5 Å². The Balaban J connectivity index is 1.47. The van der Waals surface area contributed by atoms with E-state index in [1.165, 1.54) is 4.90 Å². The Morgan fingerprint density at radius 2 is 1.88 bits per heavy atom. The van der Waals surface area contributed by atoms with Gasteiger partial charge in [0.15, 0.2) is 0 Å². The Morgan fingerprint density at radius 1 is 1.15 bits per heavy atom. The number of likely N-dealkylation sites (tertiary alicyclic amines) is 1. The quantitative estimate of drug-likeness (QED) is 0.644. The third-order valence-electron chi connectivity index (χ3n) is 6.78. The molecule has 3 heterocycles. The van der Waals surface area contributed by atoms with Gasteiger partial charge in [-0.25, -0.2) is 4.79 Å². The van der Waals surface area contributed by atoms with E-state index in [9.17, 15) is 19.2 Å². The van der Waals surface area contributed by atoms with Gasteiger partial charge < -0.3 is 19.9 Å². The molecule has 4 amide bonds. The highest BCUT2D eigenvalue weighted by Gasteiger charge is 2.44. The van der Waals surface area contributed by atoms with Gasteiger partial charge in [-0.1, -0.05) is 29.8 Å². The van der Waals surface area contributed by atoms with E-state index in [2.05, 4.69) is 5.32 Å². The summed E-state index contributed by atoms with van der Waals surface area (Å²) in [7, 11) is 0. The molecule has 9 nitrogen and oxygen atoms in total. The van der Waals surface area contributed by atoms with Crippen LogP contribution in [0.3, 0.4) is 0 Å². The Hall–Kier alpha value is -3.36. The van der Waals surface area contributed by atoms with Crippen molar-refractivity contribution in [3.8, 4) is 0 Å². The lowest BCUT2D eigenvalue weighted by Crippen LogP contribution is -2.47. The van der Waals surface area contributed by atoms with Crippen LogP contribution in [0.1, 0.15) is 43.9 Å². The number of hydrogen-bond acceptors (Lipinski definition) is 5. The van der Waals surface area contributed by atoms with Gasteiger partial charge in [-0.05, 0) is 39.2 Å². The largest absolute Gasteiger partial charge is 0.466 e. The Morgan fingerprint density at radius 3 is 2.53 bits per heavy atom. The molecule has 9 heteroatoms. The van der Waals surface area contributed by atoms with Gasteiger partial charge in [0.25, 0.3) is 5.91 Å². The molecule has 0 aromatic heterocycles. The molecule has 0 saturated carbocycles. The smallest absolute Gasteiger partial charge is 0.322 e. The molecule has 1 aromatic rings. The van der Waals surface area contributed by atoms with Crippen molar-refractivity contribution >= 4 is 23.8 Å². The van der Waals surface area contributed by atoms with Gasteiger partial charge >= 0.3 is 12.0 Å². The number of rotatable bonds is 6. The molecule has 1 atom stereocenters. The molecule has 0 bridgehead atoms. The highest BCUT2D eigenvalue weighted by molar-refractivity contribution is 6.03. The molecule has 3 aliphatic heterocycles. The fourth-order valence-corrected chi connectivity index (χ4v) is 5.00. The Bertz CT molecular complexity index is 1030. The van der Waals surface area contributed by atoms with Gasteiger partial charge in [0, 0.05) is 19.6 Å². The number of benzene rings is 1. The van der Waals surface area contributed by atoms with Crippen LogP contribution in [0.2, 0.25) is 0 Å². The Labute approximate surface area is 199 Å². The number of piperidine rings is 1. The molecule has 1 saturated heterocycles. The summed E-state index contributed by atoms with van der Waals surface area (Å²) in [5.41, 5.74) is 3.08. The number of ether oxygens (including phenoxy) is 1. The van der Waals surface area contributed by atoms with E-state index in [0.29, 0.717) is 50.4 Å². The summed E-state index contributed by atoms with van der Waals surface area (Å²) in [5, 5.41) is 2.97. The summed E-state index contributed by atoms with van der Waals surface area (Å²) in [6.45, 7) is 7.49. The monoisotopic (exact) mass is 468 g/mol. The first-order valence-electron chi connectivity index (χ1n) is 11.9. The summed E-state index contributed by atoms with van der Waals surface area (Å²) in [4.78, 5) is 56.1. The van der Waals surface area contributed by atoms with Crippen molar-refractivity contribution < 1.29 is 23.9 Å². The molecule has 0 spiro atoms. The van der Waals surface area contributed by atoms with Crippen LogP contribution in [0.25, 0.3) is 0 Å². The predicted octanol–water partition coefficient (Wildman–Crippen LogP) is 1.98. The lowest BCUT2D eigenvalue weighted by Gasteiger charge is -2.33.